The lowest BCUT2D eigenvalue weighted by molar-refractivity contribution is -0.118. The maximum Gasteiger partial charge on any atom is 0.338 e. The fourth-order valence-corrected chi connectivity index (χ4v) is 2.20. The number of carbonyl (C=O) groups excluding carboxylic acids is 1. The van der Waals surface area contributed by atoms with Gasteiger partial charge in [0, 0.05) is 6.07 Å². The lowest BCUT2D eigenvalue weighted by Crippen LogP contribution is -2.39. The zero-order chi connectivity index (χ0) is 14.9. The van der Waals surface area contributed by atoms with Crippen molar-refractivity contribution in [2.45, 2.75) is 19.4 Å². The number of carboxylic acid groups (broad SMARTS) is 1. The van der Waals surface area contributed by atoms with Gasteiger partial charge in [-0.2, -0.15) is 0 Å². The molecule has 1 aromatic carbocycles. The largest absolute Gasteiger partial charge is 0.478 e. The lowest BCUT2D eigenvalue weighted by atomic mass is 10.0. The first kappa shape index (κ1) is 14.4. The summed E-state index contributed by atoms with van der Waals surface area (Å²) in [6.07, 6.45) is 0.824. The predicted octanol–water partition coefficient (Wildman–Crippen LogP) is 1.60. The van der Waals surface area contributed by atoms with E-state index in [0.29, 0.717) is 12.6 Å². The molecule has 1 fully saturated rings. The molecule has 1 aromatic rings. The summed E-state index contributed by atoms with van der Waals surface area (Å²) in [5.41, 5.74) is -1.02. The third-order valence-corrected chi connectivity index (χ3v) is 3.36. The highest BCUT2D eigenvalue weighted by Gasteiger charge is 2.30. The van der Waals surface area contributed by atoms with E-state index in [9.17, 15) is 18.4 Å². The van der Waals surface area contributed by atoms with Crippen molar-refractivity contribution in [3.8, 4) is 0 Å². The Morgan fingerprint density at radius 2 is 2.05 bits per heavy atom. The maximum absolute atomic E-state index is 13.6. The Bertz CT molecular complexity index is 563. The number of amides is 1. The van der Waals surface area contributed by atoms with Crippen molar-refractivity contribution in [1.82, 2.24) is 5.32 Å². The molecule has 5 nitrogen and oxygen atoms in total. The summed E-state index contributed by atoms with van der Waals surface area (Å²) in [6, 6.07) is 0.766. The van der Waals surface area contributed by atoms with Crippen LogP contribution >= 0.6 is 0 Å². The number of hydrogen-bond donors (Lipinski definition) is 3. The number of halogens is 2. The fourth-order valence-electron chi connectivity index (χ4n) is 2.20. The first-order valence-electron chi connectivity index (χ1n) is 6.16. The average molecular weight is 284 g/mol. The molecule has 2 unspecified atom stereocenters. The van der Waals surface area contributed by atoms with Crippen molar-refractivity contribution < 1.29 is 23.5 Å². The van der Waals surface area contributed by atoms with Crippen molar-refractivity contribution in [3.05, 3.63) is 29.3 Å². The van der Waals surface area contributed by atoms with Crippen LogP contribution in [-0.2, 0) is 4.79 Å². The first-order chi connectivity index (χ1) is 9.40. The van der Waals surface area contributed by atoms with Gasteiger partial charge >= 0.3 is 5.97 Å². The average Bonchev–Trinajstić information content (AvgIpc) is 2.78. The van der Waals surface area contributed by atoms with E-state index in [4.69, 9.17) is 5.11 Å². The Morgan fingerprint density at radius 1 is 1.35 bits per heavy atom. The number of rotatable bonds is 3. The fraction of sp³-hybridized carbons (Fsp3) is 0.385. The number of carbonyl (C=O) groups is 2. The van der Waals surface area contributed by atoms with Crippen molar-refractivity contribution in [1.29, 1.82) is 0 Å². The van der Waals surface area contributed by atoms with Crippen LogP contribution in [0.15, 0.2) is 12.1 Å². The van der Waals surface area contributed by atoms with Gasteiger partial charge in [-0.1, -0.05) is 6.92 Å². The Hall–Kier alpha value is -2.02. The summed E-state index contributed by atoms with van der Waals surface area (Å²) in [6.45, 7) is 2.57. The second kappa shape index (κ2) is 5.54. The number of nitrogens with one attached hydrogen (secondary N) is 2. The Kier molecular flexibility index (Phi) is 3.99. The first-order valence-corrected chi connectivity index (χ1v) is 6.16. The van der Waals surface area contributed by atoms with Crippen molar-refractivity contribution in [3.63, 3.8) is 0 Å². The highest BCUT2D eigenvalue weighted by atomic mass is 19.1. The highest BCUT2D eigenvalue weighted by molar-refractivity contribution is 5.97. The third-order valence-electron chi connectivity index (χ3n) is 3.36. The van der Waals surface area contributed by atoms with E-state index in [2.05, 4.69) is 10.6 Å². The molecule has 1 saturated heterocycles. The molecule has 0 bridgehead atoms. The second-order valence-corrected chi connectivity index (χ2v) is 4.80. The van der Waals surface area contributed by atoms with Gasteiger partial charge in [-0.05, 0) is 24.9 Å². The summed E-state index contributed by atoms with van der Waals surface area (Å²) >= 11 is 0. The molecule has 20 heavy (non-hydrogen) atoms. The van der Waals surface area contributed by atoms with E-state index in [0.717, 1.165) is 12.5 Å². The molecule has 0 radical (unpaired) electrons. The molecule has 0 aromatic heterocycles. The molecule has 0 aliphatic carbocycles. The SMILES string of the molecule is CC1CCNC1C(=O)Nc1cc(C(=O)O)c(F)cc1F. The van der Waals surface area contributed by atoms with Crippen molar-refractivity contribution in [2.75, 3.05) is 11.9 Å². The molecule has 1 aliphatic heterocycles. The quantitative estimate of drug-likeness (QED) is 0.787. The van der Waals surface area contributed by atoms with Gasteiger partial charge in [-0.3, -0.25) is 4.79 Å². The molecule has 1 heterocycles. The van der Waals surface area contributed by atoms with Gasteiger partial charge in [-0.25, -0.2) is 13.6 Å². The smallest absolute Gasteiger partial charge is 0.338 e. The molecular weight excluding hydrogens is 270 g/mol. The van der Waals surface area contributed by atoms with Crippen molar-refractivity contribution >= 4 is 17.6 Å². The summed E-state index contributed by atoms with van der Waals surface area (Å²) in [4.78, 5) is 22.8. The third kappa shape index (κ3) is 2.77. The number of carboxylic acids is 1. The van der Waals surface area contributed by atoms with Crippen LogP contribution in [0.1, 0.15) is 23.7 Å². The van der Waals surface area contributed by atoms with Crippen LogP contribution in [0, 0.1) is 17.6 Å². The van der Waals surface area contributed by atoms with Gasteiger partial charge in [-0.15, -0.1) is 0 Å². The zero-order valence-electron chi connectivity index (χ0n) is 10.7. The van der Waals surface area contributed by atoms with Gasteiger partial charge in [0.05, 0.1) is 17.3 Å². The maximum atomic E-state index is 13.6. The van der Waals surface area contributed by atoms with Gasteiger partial charge in [0.2, 0.25) is 5.91 Å². The molecule has 2 rings (SSSR count). The molecule has 7 heteroatoms. The minimum Gasteiger partial charge on any atom is -0.478 e. The minimum absolute atomic E-state index is 0.0949. The number of aromatic carboxylic acids is 1. The molecule has 0 spiro atoms. The topological polar surface area (TPSA) is 78.4 Å². The van der Waals surface area contributed by atoms with Crippen LogP contribution in [0.25, 0.3) is 0 Å². The van der Waals surface area contributed by atoms with Crippen LogP contribution in [-0.4, -0.2) is 29.6 Å². The van der Waals surface area contributed by atoms with E-state index >= 15 is 0 Å². The molecule has 1 amide bonds. The Labute approximate surface area is 114 Å². The van der Waals surface area contributed by atoms with Crippen LogP contribution < -0.4 is 10.6 Å². The number of hydrogen-bond acceptors (Lipinski definition) is 3. The van der Waals surface area contributed by atoms with Gasteiger partial charge in [0.1, 0.15) is 11.6 Å². The van der Waals surface area contributed by atoms with E-state index in [-0.39, 0.29) is 11.6 Å². The van der Waals surface area contributed by atoms with Crippen LogP contribution in [0.2, 0.25) is 0 Å². The van der Waals surface area contributed by atoms with Crippen LogP contribution in [0.4, 0.5) is 14.5 Å². The molecule has 108 valence electrons. The van der Waals surface area contributed by atoms with Gasteiger partial charge in [0.15, 0.2) is 0 Å². The number of benzene rings is 1. The van der Waals surface area contributed by atoms with E-state index < -0.39 is 35.1 Å². The monoisotopic (exact) mass is 284 g/mol. The standard InChI is InChI=1S/C13H14F2N2O3/c1-6-2-3-16-11(6)12(18)17-10-4-7(13(19)20)8(14)5-9(10)15/h4-6,11,16H,2-3H2,1H3,(H,17,18)(H,19,20). The van der Waals surface area contributed by atoms with E-state index in [1.807, 2.05) is 6.92 Å². The molecule has 2 atom stereocenters. The van der Waals surface area contributed by atoms with Gasteiger partial charge < -0.3 is 15.7 Å². The summed E-state index contributed by atoms with van der Waals surface area (Å²) in [5.74, 6) is -4.08. The summed E-state index contributed by atoms with van der Waals surface area (Å²) in [7, 11) is 0. The lowest BCUT2D eigenvalue weighted by Gasteiger charge is -2.16. The molecule has 1 aliphatic rings. The summed E-state index contributed by atoms with van der Waals surface area (Å²) < 4.78 is 26.8. The van der Waals surface area contributed by atoms with E-state index in [1.54, 1.807) is 0 Å². The number of anilines is 1. The predicted molar refractivity (Wildman–Crippen MR) is 67.5 cm³/mol. The van der Waals surface area contributed by atoms with Crippen molar-refractivity contribution in [2.24, 2.45) is 5.92 Å². The van der Waals surface area contributed by atoms with Crippen LogP contribution in [0.3, 0.4) is 0 Å². The molecule has 0 saturated carbocycles. The summed E-state index contributed by atoms with van der Waals surface area (Å²) in [5, 5.41) is 14.0. The molecular formula is C13H14F2N2O3. The Balaban J connectivity index is 2.22. The second-order valence-electron chi connectivity index (χ2n) is 4.80. The Morgan fingerprint density at radius 3 is 2.60 bits per heavy atom. The van der Waals surface area contributed by atoms with Gasteiger partial charge in [0.25, 0.3) is 0 Å². The molecule has 3 N–H and O–H groups in total. The highest BCUT2D eigenvalue weighted by Crippen LogP contribution is 2.22. The normalized spacial score (nSPS) is 21.8. The zero-order valence-corrected chi connectivity index (χ0v) is 10.7. The van der Waals surface area contributed by atoms with Crippen LogP contribution in [0.5, 0.6) is 0 Å². The van der Waals surface area contributed by atoms with E-state index in [1.165, 1.54) is 0 Å². The minimum atomic E-state index is -1.52.